The molecular formula is C24H23N5O4. The number of nitrogens with zero attached hydrogens (tertiary/aromatic N) is 2. The van der Waals surface area contributed by atoms with E-state index in [0.29, 0.717) is 6.54 Å². The summed E-state index contributed by atoms with van der Waals surface area (Å²) >= 11 is 0. The van der Waals surface area contributed by atoms with E-state index in [1.807, 2.05) is 71.3 Å². The number of aromatic nitrogens is 4. The Bertz CT molecular complexity index is 1420. The van der Waals surface area contributed by atoms with E-state index in [2.05, 4.69) is 15.4 Å². The third kappa shape index (κ3) is 4.62. The molecule has 0 spiro atoms. The molecule has 0 aliphatic heterocycles. The molecule has 33 heavy (non-hydrogen) atoms. The summed E-state index contributed by atoms with van der Waals surface area (Å²) < 4.78 is 1.87. The largest absolute Gasteiger partial charge is 0.501 e. The number of benzene rings is 2. The van der Waals surface area contributed by atoms with Crippen molar-refractivity contribution >= 4 is 5.91 Å². The molecule has 1 atom stereocenters. The highest BCUT2D eigenvalue weighted by Gasteiger charge is 2.20. The van der Waals surface area contributed by atoms with Crippen LogP contribution in [0.3, 0.4) is 0 Å². The van der Waals surface area contributed by atoms with Crippen LogP contribution >= 0.6 is 0 Å². The smallest absolute Gasteiger partial charge is 0.326 e. The highest BCUT2D eigenvalue weighted by atomic mass is 16.3. The summed E-state index contributed by atoms with van der Waals surface area (Å²) in [7, 11) is 0. The van der Waals surface area contributed by atoms with Crippen LogP contribution in [0, 0.1) is 6.92 Å². The average Bonchev–Trinajstić information content (AvgIpc) is 3.25. The number of carbonyl (C=O) groups excluding carboxylic acids is 1. The zero-order chi connectivity index (χ0) is 23.5. The number of aromatic amines is 2. The van der Waals surface area contributed by atoms with Crippen molar-refractivity contribution in [1.29, 1.82) is 0 Å². The molecule has 0 radical (unpaired) electrons. The van der Waals surface area contributed by atoms with Crippen LogP contribution in [0.25, 0.3) is 11.1 Å². The topological polar surface area (TPSA) is 133 Å². The molecule has 1 amide bonds. The molecular weight excluding hydrogens is 422 g/mol. The van der Waals surface area contributed by atoms with Gasteiger partial charge in [0.15, 0.2) is 5.69 Å². The lowest BCUT2D eigenvalue weighted by Gasteiger charge is -2.18. The highest BCUT2D eigenvalue weighted by Crippen LogP contribution is 2.29. The lowest BCUT2D eigenvalue weighted by atomic mass is 9.95. The summed E-state index contributed by atoms with van der Waals surface area (Å²) in [6, 6.07) is 15.3. The van der Waals surface area contributed by atoms with Crippen LogP contribution in [0.5, 0.6) is 5.75 Å². The van der Waals surface area contributed by atoms with E-state index >= 15 is 0 Å². The Hall–Kier alpha value is -4.40. The Kier molecular flexibility index (Phi) is 5.95. The number of carbonyl (C=O) groups is 1. The zero-order valence-corrected chi connectivity index (χ0v) is 18.1. The molecule has 0 saturated carbocycles. The summed E-state index contributed by atoms with van der Waals surface area (Å²) in [5.74, 6) is -1.60. The van der Waals surface area contributed by atoms with Crippen molar-refractivity contribution in [2.75, 3.05) is 0 Å². The molecule has 9 heteroatoms. The van der Waals surface area contributed by atoms with Gasteiger partial charge in [-0.15, -0.1) is 0 Å². The minimum Gasteiger partial charge on any atom is -0.501 e. The Labute approximate surface area is 188 Å². The number of H-pyrrole nitrogens is 2. The summed E-state index contributed by atoms with van der Waals surface area (Å²) in [5.41, 5.74) is 2.49. The molecule has 2 aromatic carbocycles. The maximum atomic E-state index is 12.6. The average molecular weight is 445 g/mol. The number of aromatic hydroxyl groups is 1. The normalized spacial score (nSPS) is 11.8. The Morgan fingerprint density at radius 2 is 1.88 bits per heavy atom. The van der Waals surface area contributed by atoms with Crippen LogP contribution < -0.4 is 16.6 Å². The predicted molar refractivity (Wildman–Crippen MR) is 123 cm³/mol. The summed E-state index contributed by atoms with van der Waals surface area (Å²) in [4.78, 5) is 39.7. The number of amides is 1. The van der Waals surface area contributed by atoms with Gasteiger partial charge in [-0.3, -0.25) is 24.2 Å². The van der Waals surface area contributed by atoms with Gasteiger partial charge in [-0.2, -0.15) is 5.10 Å². The fraction of sp³-hybridized carbons (Fsp3) is 0.167. The lowest BCUT2D eigenvalue weighted by molar-refractivity contribution is 0.0931. The van der Waals surface area contributed by atoms with Crippen molar-refractivity contribution in [2.45, 2.75) is 26.4 Å². The summed E-state index contributed by atoms with van der Waals surface area (Å²) in [5, 5.41) is 17.0. The number of rotatable bonds is 6. The van der Waals surface area contributed by atoms with E-state index in [1.54, 1.807) is 13.1 Å². The molecule has 0 saturated heterocycles. The highest BCUT2D eigenvalue weighted by molar-refractivity contribution is 5.94. The molecule has 0 fully saturated rings. The second-order valence-corrected chi connectivity index (χ2v) is 7.76. The lowest BCUT2D eigenvalue weighted by Crippen LogP contribution is -2.33. The first kappa shape index (κ1) is 21.8. The molecule has 4 aromatic rings. The van der Waals surface area contributed by atoms with Gasteiger partial charge in [-0.05, 0) is 36.1 Å². The Morgan fingerprint density at radius 1 is 1.12 bits per heavy atom. The van der Waals surface area contributed by atoms with Gasteiger partial charge in [0.25, 0.3) is 11.5 Å². The van der Waals surface area contributed by atoms with E-state index in [4.69, 9.17) is 0 Å². The second kappa shape index (κ2) is 8.99. The minimum atomic E-state index is -1.03. The van der Waals surface area contributed by atoms with Crippen molar-refractivity contribution < 1.29 is 9.90 Å². The zero-order valence-electron chi connectivity index (χ0n) is 18.1. The monoisotopic (exact) mass is 445 g/mol. The van der Waals surface area contributed by atoms with Gasteiger partial charge in [0.2, 0.25) is 5.75 Å². The summed E-state index contributed by atoms with van der Waals surface area (Å²) in [6.45, 7) is 4.39. The molecule has 0 unspecified atom stereocenters. The first-order chi connectivity index (χ1) is 15.8. The second-order valence-electron chi connectivity index (χ2n) is 7.76. The van der Waals surface area contributed by atoms with Crippen molar-refractivity contribution in [3.8, 4) is 16.9 Å². The standard InChI is InChI=1S/C24H23N5O4/c1-14-18(15(2)26-22(31)20-21(30)23(32)28-24(33)27-20)9-6-10-19(14)17-11-25-29(13-17)12-16-7-4-3-5-8-16/h3-11,13,15,30H,12H2,1-2H3,(H,26,31)(H2,27,28,32,33)/t15-/m1/s1. The van der Waals surface area contributed by atoms with Crippen LogP contribution in [-0.4, -0.2) is 30.8 Å². The molecule has 168 valence electrons. The molecule has 0 aliphatic carbocycles. The van der Waals surface area contributed by atoms with E-state index in [1.165, 1.54) is 0 Å². The summed E-state index contributed by atoms with van der Waals surface area (Å²) in [6.07, 6.45) is 3.78. The van der Waals surface area contributed by atoms with Gasteiger partial charge in [-0.25, -0.2) is 4.79 Å². The van der Waals surface area contributed by atoms with E-state index < -0.39 is 34.6 Å². The van der Waals surface area contributed by atoms with Crippen LogP contribution in [-0.2, 0) is 6.54 Å². The van der Waals surface area contributed by atoms with E-state index in [-0.39, 0.29) is 0 Å². The molecule has 2 aromatic heterocycles. The fourth-order valence-corrected chi connectivity index (χ4v) is 3.79. The van der Waals surface area contributed by atoms with Crippen molar-refractivity contribution in [1.82, 2.24) is 25.1 Å². The molecule has 9 nitrogen and oxygen atoms in total. The third-order valence-electron chi connectivity index (χ3n) is 5.47. The van der Waals surface area contributed by atoms with Crippen LogP contribution in [0.4, 0.5) is 0 Å². The maximum Gasteiger partial charge on any atom is 0.326 e. The first-order valence-electron chi connectivity index (χ1n) is 10.4. The number of hydrogen-bond donors (Lipinski definition) is 4. The van der Waals surface area contributed by atoms with Crippen molar-refractivity contribution in [2.24, 2.45) is 0 Å². The first-order valence-corrected chi connectivity index (χ1v) is 10.4. The van der Waals surface area contributed by atoms with Crippen LogP contribution in [0.15, 0.2) is 70.5 Å². The van der Waals surface area contributed by atoms with Gasteiger partial charge < -0.3 is 10.4 Å². The predicted octanol–water partition coefficient (Wildman–Crippen LogP) is 2.48. The fourth-order valence-electron chi connectivity index (χ4n) is 3.79. The van der Waals surface area contributed by atoms with Gasteiger partial charge >= 0.3 is 5.69 Å². The van der Waals surface area contributed by atoms with Gasteiger partial charge in [0, 0.05) is 11.8 Å². The Balaban J connectivity index is 1.57. The van der Waals surface area contributed by atoms with Crippen molar-refractivity contribution in [3.63, 3.8) is 0 Å². The molecule has 4 rings (SSSR count). The SMILES string of the molecule is Cc1c(-c2cnn(Cc3ccccc3)c2)cccc1[C@@H](C)NC(=O)c1[nH]c(=O)[nH]c(=O)c1O. The van der Waals surface area contributed by atoms with Crippen LogP contribution in [0.1, 0.15) is 40.1 Å². The van der Waals surface area contributed by atoms with Gasteiger partial charge in [0.05, 0.1) is 18.8 Å². The van der Waals surface area contributed by atoms with Gasteiger partial charge in [-0.1, -0.05) is 48.5 Å². The molecule has 2 heterocycles. The quantitative estimate of drug-likeness (QED) is 0.362. The van der Waals surface area contributed by atoms with Gasteiger partial charge in [0.1, 0.15) is 0 Å². The number of nitrogens with one attached hydrogen (secondary N) is 3. The minimum absolute atomic E-state index is 0.459. The number of hydrogen-bond acceptors (Lipinski definition) is 5. The van der Waals surface area contributed by atoms with Crippen LogP contribution in [0.2, 0.25) is 0 Å². The molecule has 0 aliphatic rings. The molecule has 4 N–H and O–H groups in total. The molecule has 0 bridgehead atoms. The Morgan fingerprint density at radius 3 is 2.64 bits per heavy atom. The van der Waals surface area contributed by atoms with E-state index in [9.17, 15) is 19.5 Å². The van der Waals surface area contributed by atoms with E-state index in [0.717, 1.165) is 27.8 Å². The van der Waals surface area contributed by atoms with Crippen molar-refractivity contribution in [3.05, 3.63) is 104 Å². The maximum absolute atomic E-state index is 12.6. The third-order valence-corrected chi connectivity index (χ3v) is 5.47.